The zero-order chi connectivity index (χ0) is 11.2. The summed E-state index contributed by atoms with van der Waals surface area (Å²) >= 11 is 0. The molecule has 0 unspecified atom stereocenters. The number of halogens is 3. The third kappa shape index (κ3) is 8.67. The van der Waals surface area contributed by atoms with Crippen LogP contribution in [-0.4, -0.2) is 41.5 Å². The summed E-state index contributed by atoms with van der Waals surface area (Å²) in [7, 11) is -6.09. The van der Waals surface area contributed by atoms with Gasteiger partial charge in [-0.05, 0) is 0 Å². The minimum absolute atomic E-state index is 0. The number of rotatable bonds is 0. The Morgan fingerprint density at radius 1 is 1.07 bits per heavy atom. The SMILES string of the molecule is O=S(=O)([O-])C(F)(F)F.[Mg+2].[c-]1ccccc1. The fraction of sp³-hybridized carbons (Fsp3) is 0.143. The Bertz CT molecular complexity index is 323. The number of benzene rings is 1. The van der Waals surface area contributed by atoms with Gasteiger partial charge in [-0.25, -0.2) is 8.42 Å². The molecule has 0 heterocycles. The smallest absolute Gasteiger partial charge is 0.741 e. The fourth-order valence-electron chi connectivity index (χ4n) is 0.342. The molecule has 0 aliphatic carbocycles. The van der Waals surface area contributed by atoms with Crippen molar-refractivity contribution in [1.29, 1.82) is 0 Å². The van der Waals surface area contributed by atoms with Crippen molar-refractivity contribution in [3.63, 3.8) is 0 Å². The van der Waals surface area contributed by atoms with Crippen molar-refractivity contribution in [1.82, 2.24) is 0 Å². The van der Waals surface area contributed by atoms with E-state index in [1.807, 2.05) is 30.3 Å². The maximum Gasteiger partial charge on any atom is 2.00 e. The minimum Gasteiger partial charge on any atom is -0.741 e. The summed E-state index contributed by atoms with van der Waals surface area (Å²) in [6.45, 7) is 0. The molecule has 0 bridgehead atoms. The van der Waals surface area contributed by atoms with Crippen molar-refractivity contribution in [3.05, 3.63) is 36.4 Å². The first-order chi connectivity index (χ1) is 6.25. The van der Waals surface area contributed by atoms with E-state index in [9.17, 15) is 13.2 Å². The molecule has 0 radical (unpaired) electrons. The van der Waals surface area contributed by atoms with Gasteiger partial charge in [-0.15, -0.1) is 0 Å². The van der Waals surface area contributed by atoms with Crippen molar-refractivity contribution >= 4 is 33.2 Å². The molecule has 0 aliphatic heterocycles. The Morgan fingerprint density at radius 3 is 1.47 bits per heavy atom. The molecule has 0 amide bonds. The van der Waals surface area contributed by atoms with Crippen LogP contribution in [-0.2, 0) is 10.1 Å². The zero-order valence-corrected chi connectivity index (χ0v) is 9.59. The summed E-state index contributed by atoms with van der Waals surface area (Å²) in [5, 5.41) is 0. The van der Waals surface area contributed by atoms with Gasteiger partial charge in [0.05, 0.1) is 0 Å². The van der Waals surface area contributed by atoms with Crippen LogP contribution in [0.1, 0.15) is 0 Å². The summed E-state index contributed by atoms with van der Waals surface area (Å²) in [6.07, 6.45) is 0. The predicted octanol–water partition coefficient (Wildman–Crippen LogP) is 1.16. The second kappa shape index (κ2) is 7.04. The fourth-order valence-corrected chi connectivity index (χ4v) is 0.342. The van der Waals surface area contributed by atoms with Gasteiger partial charge in [-0.1, -0.05) is 0 Å². The first-order valence-electron chi connectivity index (χ1n) is 3.18. The van der Waals surface area contributed by atoms with Crippen LogP contribution in [0.3, 0.4) is 0 Å². The van der Waals surface area contributed by atoms with Gasteiger partial charge in [0.15, 0.2) is 10.1 Å². The van der Waals surface area contributed by atoms with Crippen LogP contribution in [0.5, 0.6) is 0 Å². The molecular weight excluding hydrogens is 245 g/mol. The van der Waals surface area contributed by atoms with Gasteiger partial charge in [0.25, 0.3) is 0 Å². The second-order valence-corrected chi connectivity index (χ2v) is 3.35. The summed E-state index contributed by atoms with van der Waals surface area (Å²) < 4.78 is 58.9. The molecule has 0 aliphatic rings. The summed E-state index contributed by atoms with van der Waals surface area (Å²) in [4.78, 5) is 0. The molecule has 1 rings (SSSR count). The van der Waals surface area contributed by atoms with E-state index >= 15 is 0 Å². The maximum atomic E-state index is 10.7. The van der Waals surface area contributed by atoms with E-state index in [0.29, 0.717) is 0 Å². The molecule has 1 aromatic carbocycles. The van der Waals surface area contributed by atoms with E-state index in [2.05, 4.69) is 6.07 Å². The summed E-state index contributed by atoms with van der Waals surface area (Å²) in [6, 6.07) is 12.5. The Kier molecular flexibility index (Phi) is 8.02. The van der Waals surface area contributed by atoms with E-state index in [1.165, 1.54) is 0 Å². The van der Waals surface area contributed by atoms with Crippen molar-refractivity contribution in [3.8, 4) is 0 Å². The van der Waals surface area contributed by atoms with Crippen molar-refractivity contribution in [2.75, 3.05) is 0 Å². The van der Waals surface area contributed by atoms with Gasteiger partial charge in [0.2, 0.25) is 0 Å². The van der Waals surface area contributed by atoms with E-state index in [1.54, 1.807) is 0 Å². The number of hydrogen-bond donors (Lipinski definition) is 0. The van der Waals surface area contributed by atoms with Gasteiger partial charge in [-0.3, -0.25) is 0 Å². The average molecular weight is 250 g/mol. The van der Waals surface area contributed by atoms with Crippen molar-refractivity contribution in [2.24, 2.45) is 0 Å². The summed E-state index contributed by atoms with van der Waals surface area (Å²) in [5.41, 5.74) is -5.65. The number of hydrogen-bond acceptors (Lipinski definition) is 3. The van der Waals surface area contributed by atoms with Crippen LogP contribution in [0.25, 0.3) is 0 Å². The Balaban J connectivity index is 0. The minimum atomic E-state index is -6.09. The van der Waals surface area contributed by atoms with E-state index < -0.39 is 15.6 Å². The maximum absolute atomic E-state index is 10.7. The molecule has 0 N–H and O–H groups in total. The van der Waals surface area contributed by atoms with Gasteiger partial charge in [0.1, 0.15) is 0 Å². The Morgan fingerprint density at radius 2 is 1.40 bits per heavy atom. The molecule has 1 aromatic rings. The van der Waals surface area contributed by atoms with Crippen LogP contribution in [0.15, 0.2) is 30.3 Å². The third-order valence-corrected chi connectivity index (χ3v) is 1.46. The molecule has 80 valence electrons. The molecule has 0 spiro atoms. The van der Waals surface area contributed by atoms with Crippen LogP contribution in [0, 0.1) is 6.07 Å². The molecule has 0 aromatic heterocycles. The monoisotopic (exact) mass is 250 g/mol. The zero-order valence-electron chi connectivity index (χ0n) is 7.36. The predicted molar refractivity (Wildman–Crippen MR) is 46.8 cm³/mol. The van der Waals surface area contributed by atoms with Crippen LogP contribution >= 0.6 is 0 Å². The molecule has 0 atom stereocenters. The largest absolute Gasteiger partial charge is 2.00 e. The van der Waals surface area contributed by atoms with Gasteiger partial charge < -0.3 is 4.55 Å². The van der Waals surface area contributed by atoms with Crippen molar-refractivity contribution in [2.45, 2.75) is 5.51 Å². The standard InChI is InChI=1S/C6H5.CHF3O3S.Mg/c1-2-4-6-5-3-1;2-1(3,4)8(5,6)7;/h1-5H;(H,5,6,7);/q-1;;+2/p-1. The first kappa shape index (κ1) is 17.1. The molecule has 3 nitrogen and oxygen atoms in total. The second-order valence-electron chi connectivity index (χ2n) is 1.98. The molecule has 0 saturated carbocycles. The Hall–Kier alpha value is -0.314. The van der Waals surface area contributed by atoms with E-state index in [4.69, 9.17) is 13.0 Å². The van der Waals surface area contributed by atoms with Crippen LogP contribution in [0.2, 0.25) is 0 Å². The average Bonchev–Trinajstić information content (AvgIpc) is 2.05. The van der Waals surface area contributed by atoms with Crippen LogP contribution < -0.4 is 0 Å². The van der Waals surface area contributed by atoms with Gasteiger partial charge in [-0.2, -0.15) is 49.6 Å². The Labute approximate surface area is 101 Å². The van der Waals surface area contributed by atoms with Gasteiger partial charge in [0, 0.05) is 0 Å². The molecule has 0 fully saturated rings. The van der Waals surface area contributed by atoms with E-state index in [-0.39, 0.29) is 23.1 Å². The normalized spacial score (nSPS) is 10.7. The molecule has 8 heteroatoms. The molecule has 0 saturated heterocycles. The van der Waals surface area contributed by atoms with Crippen molar-refractivity contribution < 1.29 is 26.1 Å². The third-order valence-electron chi connectivity index (χ3n) is 0.891. The molecular formula is C7H5F3MgO3S. The topological polar surface area (TPSA) is 57.2 Å². The molecule has 15 heavy (non-hydrogen) atoms. The first-order valence-corrected chi connectivity index (χ1v) is 4.59. The van der Waals surface area contributed by atoms with Gasteiger partial charge >= 0.3 is 28.6 Å². The van der Waals surface area contributed by atoms with Crippen LogP contribution in [0.4, 0.5) is 13.2 Å². The summed E-state index contributed by atoms with van der Waals surface area (Å²) in [5.74, 6) is 0. The number of alkyl halides is 3. The van der Waals surface area contributed by atoms with E-state index in [0.717, 1.165) is 0 Å². The quantitative estimate of drug-likeness (QED) is 0.300.